The van der Waals surface area contributed by atoms with Gasteiger partial charge in [0.25, 0.3) is 0 Å². The topological polar surface area (TPSA) is 139 Å². The van der Waals surface area contributed by atoms with Crippen molar-refractivity contribution >= 4 is 21.8 Å². The minimum atomic E-state index is 0.313. The fourth-order valence-electron chi connectivity index (χ4n) is 8.35. The average Bonchev–Trinajstić information content (AvgIpc) is 3.69. The van der Waals surface area contributed by atoms with E-state index in [4.69, 9.17) is 15.0 Å². The van der Waals surface area contributed by atoms with Crippen LogP contribution in [0, 0.1) is 52.2 Å². The molecule has 0 saturated heterocycles. The first-order valence-electron chi connectivity index (χ1n) is 20.5. The van der Waals surface area contributed by atoms with Crippen molar-refractivity contribution in [1.29, 1.82) is 21.0 Å². The van der Waals surface area contributed by atoms with Crippen molar-refractivity contribution in [2.75, 3.05) is 0 Å². The maximum atomic E-state index is 10.3. The molecule has 0 spiro atoms. The van der Waals surface area contributed by atoms with Crippen LogP contribution in [0.15, 0.2) is 176 Å². The molecule has 8 heteroatoms. The van der Waals surface area contributed by atoms with Crippen LogP contribution in [-0.4, -0.2) is 19.5 Å². The number of nitriles is 4. The Morgan fingerprint density at radius 2 is 0.797 bits per heavy atom. The van der Waals surface area contributed by atoms with E-state index in [0.29, 0.717) is 73.2 Å². The molecule has 2 heterocycles. The predicted molar refractivity (Wildman–Crippen MR) is 250 cm³/mol. The van der Waals surface area contributed by atoms with Crippen molar-refractivity contribution < 1.29 is 0 Å². The quantitative estimate of drug-likeness (QED) is 0.156. The summed E-state index contributed by atoms with van der Waals surface area (Å²) in [6.07, 6.45) is 0. The highest BCUT2D eigenvalue weighted by Gasteiger charge is 2.24. The summed E-state index contributed by atoms with van der Waals surface area (Å²) in [6.45, 7) is 2.07. The summed E-state index contributed by atoms with van der Waals surface area (Å²) in [4.78, 5) is 15.1. The van der Waals surface area contributed by atoms with Crippen LogP contribution in [0.1, 0.15) is 27.8 Å². The lowest BCUT2D eigenvalue weighted by Crippen LogP contribution is -2.04. The van der Waals surface area contributed by atoms with Crippen molar-refractivity contribution in [2.45, 2.75) is 6.92 Å². The van der Waals surface area contributed by atoms with Gasteiger partial charge in [-0.15, -0.1) is 0 Å². The van der Waals surface area contributed by atoms with Crippen LogP contribution in [0.2, 0.25) is 0 Å². The summed E-state index contributed by atoms with van der Waals surface area (Å²) >= 11 is 0. The average molecular weight is 817 g/mol. The maximum absolute atomic E-state index is 10.3. The fraction of sp³-hybridized carbons (Fsp3) is 0.0179. The molecule has 0 aliphatic heterocycles. The molecular formula is C56H32N8. The Labute approximate surface area is 369 Å². The van der Waals surface area contributed by atoms with E-state index in [1.807, 2.05) is 84.9 Å². The van der Waals surface area contributed by atoms with Gasteiger partial charge in [0.05, 0.1) is 63.3 Å². The van der Waals surface area contributed by atoms with Crippen LogP contribution < -0.4 is 0 Å². The molecule has 0 radical (unpaired) electrons. The molecule has 64 heavy (non-hydrogen) atoms. The summed E-state index contributed by atoms with van der Waals surface area (Å²) in [5, 5.41) is 43.2. The van der Waals surface area contributed by atoms with Crippen molar-refractivity contribution in [2.24, 2.45) is 0 Å². The predicted octanol–water partition coefficient (Wildman–Crippen LogP) is 12.8. The molecule has 8 aromatic carbocycles. The molecule has 0 atom stereocenters. The van der Waals surface area contributed by atoms with Crippen molar-refractivity contribution in [1.82, 2.24) is 19.5 Å². The number of hydrogen-bond donors (Lipinski definition) is 0. The summed E-state index contributed by atoms with van der Waals surface area (Å²) in [5.74, 6) is 1.32. The second-order valence-electron chi connectivity index (χ2n) is 15.5. The van der Waals surface area contributed by atoms with E-state index < -0.39 is 0 Å². The normalized spacial score (nSPS) is 10.8. The molecule has 0 amide bonds. The number of benzene rings is 8. The molecule has 0 aliphatic carbocycles. The van der Waals surface area contributed by atoms with Gasteiger partial charge in [-0.1, -0.05) is 115 Å². The van der Waals surface area contributed by atoms with Crippen LogP contribution in [0.5, 0.6) is 0 Å². The van der Waals surface area contributed by atoms with Crippen molar-refractivity contribution in [3.63, 3.8) is 0 Å². The molecule has 0 saturated carbocycles. The Hall–Kier alpha value is -9.47. The summed E-state index contributed by atoms with van der Waals surface area (Å²) in [6, 6.07) is 65.9. The SMILES string of the molecule is Cc1ccc(-c2ccc3c(c2)c2ccccc2n3-c2c(-c3cc(C#N)cc(C#N)c3)cc(-c3nc(-c4ccccc4)nc(-c4ccccc4)n3)cc2-c2cc(C#N)cc(C#N)c2)cc1. The van der Waals surface area contributed by atoms with Crippen molar-refractivity contribution in [3.05, 3.63) is 204 Å². The lowest BCUT2D eigenvalue weighted by atomic mass is 9.90. The van der Waals surface area contributed by atoms with E-state index in [9.17, 15) is 21.0 Å². The molecule has 10 rings (SSSR count). The second-order valence-corrected chi connectivity index (χ2v) is 15.5. The molecule has 0 aliphatic rings. The highest BCUT2D eigenvalue weighted by Crippen LogP contribution is 2.45. The number of para-hydroxylation sites is 1. The van der Waals surface area contributed by atoms with Gasteiger partial charge in [0.2, 0.25) is 0 Å². The first-order valence-corrected chi connectivity index (χ1v) is 20.5. The van der Waals surface area contributed by atoms with Crippen LogP contribution in [0.4, 0.5) is 0 Å². The first kappa shape index (κ1) is 38.7. The largest absolute Gasteiger partial charge is 0.308 e. The smallest absolute Gasteiger partial charge is 0.164 e. The summed E-state index contributed by atoms with van der Waals surface area (Å²) < 4.78 is 2.20. The number of fused-ring (bicyclic) bond motifs is 3. The third-order valence-electron chi connectivity index (χ3n) is 11.4. The van der Waals surface area contributed by atoms with Gasteiger partial charge in [0.1, 0.15) is 0 Å². The van der Waals surface area contributed by atoms with Gasteiger partial charge >= 0.3 is 0 Å². The highest BCUT2D eigenvalue weighted by molar-refractivity contribution is 6.12. The third-order valence-corrected chi connectivity index (χ3v) is 11.4. The number of rotatable bonds is 7. The van der Waals surface area contributed by atoms with Crippen LogP contribution in [0.25, 0.3) is 95.0 Å². The van der Waals surface area contributed by atoms with Gasteiger partial charge in [0.15, 0.2) is 17.5 Å². The highest BCUT2D eigenvalue weighted by atomic mass is 15.0. The van der Waals surface area contributed by atoms with Gasteiger partial charge in [-0.3, -0.25) is 0 Å². The van der Waals surface area contributed by atoms with Crippen LogP contribution >= 0.6 is 0 Å². The molecule has 8 nitrogen and oxygen atoms in total. The van der Waals surface area contributed by atoms with Crippen LogP contribution in [0.3, 0.4) is 0 Å². The molecule has 0 unspecified atom stereocenters. The lowest BCUT2D eigenvalue weighted by molar-refractivity contribution is 1.07. The zero-order chi connectivity index (χ0) is 43.7. The van der Waals surface area contributed by atoms with E-state index in [1.165, 1.54) is 5.56 Å². The van der Waals surface area contributed by atoms with Gasteiger partial charge in [0, 0.05) is 38.6 Å². The minimum Gasteiger partial charge on any atom is -0.308 e. The third kappa shape index (κ3) is 7.06. The molecule has 10 aromatic rings. The molecule has 0 fully saturated rings. The van der Waals surface area contributed by atoms with Crippen molar-refractivity contribution in [3.8, 4) is 97.5 Å². The second kappa shape index (κ2) is 16.2. The van der Waals surface area contributed by atoms with E-state index in [-0.39, 0.29) is 0 Å². The van der Waals surface area contributed by atoms with E-state index in [1.54, 1.807) is 36.4 Å². The van der Waals surface area contributed by atoms with E-state index >= 15 is 0 Å². The Morgan fingerprint density at radius 3 is 1.30 bits per heavy atom. The Bertz CT molecular complexity index is 3440. The summed E-state index contributed by atoms with van der Waals surface area (Å²) in [5.41, 5.74) is 11.8. The first-order chi connectivity index (χ1) is 31.4. The van der Waals surface area contributed by atoms with E-state index in [0.717, 1.165) is 44.1 Å². The number of aryl methyl sites for hydroxylation is 1. The summed E-state index contributed by atoms with van der Waals surface area (Å²) in [7, 11) is 0. The zero-order valence-corrected chi connectivity index (χ0v) is 34.3. The fourth-order valence-corrected chi connectivity index (χ4v) is 8.35. The molecule has 2 aromatic heterocycles. The monoisotopic (exact) mass is 816 g/mol. The molecular weight excluding hydrogens is 785 g/mol. The standard InChI is InChI=1S/C56H32N8/c1-35-16-18-40(19-17-35)43-20-21-52-50(28-43)47-14-8-9-15-51(47)64(52)53-48(44-24-36(31-57)22-37(25-44)32-58)29-46(30-49(53)45-26-38(33-59)23-39(27-45)34-60)56-62-54(41-10-4-2-5-11-41)61-55(63-56)42-12-6-3-7-13-42/h2-30H,1H3. The maximum Gasteiger partial charge on any atom is 0.164 e. The number of hydrogen-bond acceptors (Lipinski definition) is 7. The Kier molecular flexibility index (Phi) is 9.79. The van der Waals surface area contributed by atoms with Gasteiger partial charge in [-0.25, -0.2) is 15.0 Å². The molecule has 296 valence electrons. The van der Waals surface area contributed by atoms with E-state index in [2.05, 4.69) is 90.4 Å². The van der Waals surface area contributed by atoms with Crippen LogP contribution in [-0.2, 0) is 0 Å². The Balaban J connectivity index is 1.37. The van der Waals surface area contributed by atoms with Gasteiger partial charge in [-0.2, -0.15) is 21.0 Å². The Morgan fingerprint density at radius 1 is 0.359 bits per heavy atom. The van der Waals surface area contributed by atoms with Gasteiger partial charge in [-0.05, 0) is 95.9 Å². The number of nitrogens with zero attached hydrogens (tertiary/aromatic N) is 8. The zero-order valence-electron chi connectivity index (χ0n) is 34.3. The molecule has 0 N–H and O–H groups in total. The number of aromatic nitrogens is 4. The minimum absolute atomic E-state index is 0.313. The lowest BCUT2D eigenvalue weighted by Gasteiger charge is -2.21. The molecule has 0 bridgehead atoms. The van der Waals surface area contributed by atoms with Gasteiger partial charge < -0.3 is 4.57 Å².